The van der Waals surface area contributed by atoms with Gasteiger partial charge in [0.2, 0.25) is 0 Å². The number of carbonyl (C=O) groups is 1. The van der Waals surface area contributed by atoms with Crippen LogP contribution in [0, 0.1) is 5.82 Å². The van der Waals surface area contributed by atoms with Crippen molar-refractivity contribution in [3.63, 3.8) is 0 Å². The maximum atomic E-state index is 13.6. The van der Waals surface area contributed by atoms with Crippen LogP contribution in [0.3, 0.4) is 0 Å². The van der Waals surface area contributed by atoms with E-state index in [0.29, 0.717) is 6.61 Å². The summed E-state index contributed by atoms with van der Waals surface area (Å²) in [6, 6.07) is 4.50. The van der Waals surface area contributed by atoms with E-state index in [0.717, 1.165) is 10.9 Å². The summed E-state index contributed by atoms with van der Waals surface area (Å²) in [5.74, 6) is -0.607. The van der Waals surface area contributed by atoms with Crippen LogP contribution in [0.2, 0.25) is 0 Å². The average molecular weight is 289 g/mol. The van der Waals surface area contributed by atoms with Crippen molar-refractivity contribution < 1.29 is 13.9 Å². The molecule has 0 fully saturated rings. The molecule has 0 bridgehead atoms. The molecule has 16 heavy (non-hydrogen) atoms. The molecule has 0 radical (unpaired) electrons. The Hall–Kier alpha value is -0.740. The molecule has 4 heteroatoms. The molecule has 1 rings (SSSR count). The second kappa shape index (κ2) is 6.11. The lowest BCUT2D eigenvalue weighted by Gasteiger charge is -2.16. The van der Waals surface area contributed by atoms with Gasteiger partial charge in [0, 0.05) is 16.6 Å². The van der Waals surface area contributed by atoms with Crippen molar-refractivity contribution in [3.05, 3.63) is 34.1 Å². The molecule has 1 atom stereocenters. The summed E-state index contributed by atoms with van der Waals surface area (Å²) in [5.41, 5.74) is 0.287. The largest absolute Gasteiger partial charge is 0.366 e. The fourth-order valence-corrected chi connectivity index (χ4v) is 1.76. The SMILES string of the molecule is CCCOC(C(C)=O)c1cc(Br)ccc1F. The number of benzene rings is 1. The number of hydrogen-bond acceptors (Lipinski definition) is 2. The quantitative estimate of drug-likeness (QED) is 0.827. The fraction of sp³-hybridized carbons (Fsp3) is 0.417. The normalized spacial score (nSPS) is 12.5. The van der Waals surface area contributed by atoms with Gasteiger partial charge in [-0.3, -0.25) is 4.79 Å². The second-order valence-corrected chi connectivity index (χ2v) is 4.44. The van der Waals surface area contributed by atoms with Gasteiger partial charge in [0.05, 0.1) is 0 Å². The summed E-state index contributed by atoms with van der Waals surface area (Å²) in [7, 11) is 0. The summed E-state index contributed by atoms with van der Waals surface area (Å²) in [4.78, 5) is 11.4. The number of carbonyl (C=O) groups excluding carboxylic acids is 1. The molecule has 0 heterocycles. The van der Waals surface area contributed by atoms with E-state index in [1.54, 1.807) is 12.1 Å². The van der Waals surface area contributed by atoms with Gasteiger partial charge in [-0.25, -0.2) is 4.39 Å². The Bertz CT molecular complexity index is 379. The van der Waals surface area contributed by atoms with Crippen LogP contribution >= 0.6 is 15.9 Å². The van der Waals surface area contributed by atoms with Crippen molar-refractivity contribution in [1.82, 2.24) is 0 Å². The fourth-order valence-electron chi connectivity index (χ4n) is 1.38. The van der Waals surface area contributed by atoms with Crippen LogP contribution in [0.15, 0.2) is 22.7 Å². The van der Waals surface area contributed by atoms with Crippen molar-refractivity contribution in [1.29, 1.82) is 0 Å². The van der Waals surface area contributed by atoms with E-state index < -0.39 is 11.9 Å². The van der Waals surface area contributed by atoms with Crippen LogP contribution < -0.4 is 0 Å². The molecular formula is C12H14BrFO2. The van der Waals surface area contributed by atoms with E-state index in [2.05, 4.69) is 15.9 Å². The van der Waals surface area contributed by atoms with Gasteiger partial charge in [0.25, 0.3) is 0 Å². The third kappa shape index (κ3) is 3.39. The lowest BCUT2D eigenvalue weighted by molar-refractivity contribution is -0.129. The van der Waals surface area contributed by atoms with Crippen LogP contribution in [0.1, 0.15) is 31.9 Å². The van der Waals surface area contributed by atoms with Gasteiger partial charge in [0.1, 0.15) is 11.9 Å². The minimum atomic E-state index is -0.808. The first-order valence-electron chi connectivity index (χ1n) is 5.13. The highest BCUT2D eigenvalue weighted by molar-refractivity contribution is 9.10. The summed E-state index contributed by atoms with van der Waals surface area (Å²) in [6.45, 7) is 3.78. The number of Topliss-reactive ketones (excluding diaryl/α,β-unsaturated/α-hetero) is 1. The molecule has 0 amide bonds. The molecule has 2 nitrogen and oxygen atoms in total. The monoisotopic (exact) mass is 288 g/mol. The van der Waals surface area contributed by atoms with Crippen molar-refractivity contribution in [2.45, 2.75) is 26.4 Å². The Labute approximate surface area is 103 Å². The topological polar surface area (TPSA) is 26.3 Å². The molecule has 0 spiro atoms. The van der Waals surface area contributed by atoms with Crippen LogP contribution in [-0.4, -0.2) is 12.4 Å². The Morgan fingerprint density at radius 1 is 1.56 bits per heavy atom. The molecule has 0 aliphatic heterocycles. The zero-order valence-corrected chi connectivity index (χ0v) is 10.9. The number of rotatable bonds is 5. The molecule has 1 unspecified atom stereocenters. The number of hydrogen-bond donors (Lipinski definition) is 0. The first-order valence-corrected chi connectivity index (χ1v) is 5.92. The second-order valence-electron chi connectivity index (χ2n) is 3.53. The first kappa shape index (κ1) is 13.3. The van der Waals surface area contributed by atoms with Crippen molar-refractivity contribution in [2.24, 2.45) is 0 Å². The average Bonchev–Trinajstić information content (AvgIpc) is 2.23. The van der Waals surface area contributed by atoms with Gasteiger partial charge in [0.15, 0.2) is 5.78 Å². The van der Waals surface area contributed by atoms with Gasteiger partial charge in [-0.2, -0.15) is 0 Å². The van der Waals surface area contributed by atoms with E-state index in [9.17, 15) is 9.18 Å². The predicted molar refractivity (Wildman–Crippen MR) is 63.8 cm³/mol. The summed E-state index contributed by atoms with van der Waals surface area (Å²) >= 11 is 3.25. The Morgan fingerprint density at radius 3 is 2.81 bits per heavy atom. The van der Waals surface area contributed by atoms with Crippen LogP contribution in [0.4, 0.5) is 4.39 Å². The summed E-state index contributed by atoms with van der Waals surface area (Å²) in [5, 5.41) is 0. The first-order chi connectivity index (χ1) is 7.56. The third-order valence-corrected chi connectivity index (χ3v) is 2.59. The van der Waals surface area contributed by atoms with Crippen molar-refractivity contribution >= 4 is 21.7 Å². The maximum Gasteiger partial charge on any atom is 0.163 e. The highest BCUT2D eigenvalue weighted by Crippen LogP contribution is 2.25. The minimum absolute atomic E-state index is 0.189. The van der Waals surface area contributed by atoms with Crippen LogP contribution in [0.5, 0.6) is 0 Å². The van der Waals surface area contributed by atoms with E-state index in [1.165, 1.54) is 13.0 Å². The van der Waals surface area contributed by atoms with E-state index >= 15 is 0 Å². The molecule has 0 aromatic heterocycles. The maximum absolute atomic E-state index is 13.6. The number of ketones is 1. The lowest BCUT2D eigenvalue weighted by Crippen LogP contribution is -2.15. The number of ether oxygens (including phenoxy) is 1. The van der Waals surface area contributed by atoms with E-state index in [-0.39, 0.29) is 11.3 Å². The Morgan fingerprint density at radius 2 is 2.25 bits per heavy atom. The Kier molecular flexibility index (Phi) is 5.09. The van der Waals surface area contributed by atoms with Crippen molar-refractivity contribution in [3.8, 4) is 0 Å². The zero-order chi connectivity index (χ0) is 12.1. The van der Waals surface area contributed by atoms with Crippen LogP contribution in [-0.2, 0) is 9.53 Å². The van der Waals surface area contributed by atoms with E-state index in [1.807, 2.05) is 6.92 Å². The van der Waals surface area contributed by atoms with Gasteiger partial charge < -0.3 is 4.74 Å². The van der Waals surface area contributed by atoms with Gasteiger partial charge >= 0.3 is 0 Å². The summed E-state index contributed by atoms with van der Waals surface area (Å²) in [6.07, 6.45) is -0.0168. The smallest absolute Gasteiger partial charge is 0.163 e. The Balaban J connectivity index is 3.00. The molecular weight excluding hydrogens is 275 g/mol. The molecule has 0 aliphatic rings. The lowest BCUT2D eigenvalue weighted by atomic mass is 10.1. The molecule has 1 aromatic carbocycles. The standard InChI is InChI=1S/C12H14BrFO2/c1-3-6-16-12(8(2)15)10-7-9(13)4-5-11(10)14/h4-5,7,12H,3,6H2,1-2H3. The molecule has 0 N–H and O–H groups in total. The highest BCUT2D eigenvalue weighted by Gasteiger charge is 2.21. The highest BCUT2D eigenvalue weighted by atomic mass is 79.9. The van der Waals surface area contributed by atoms with Crippen LogP contribution in [0.25, 0.3) is 0 Å². The molecule has 0 aliphatic carbocycles. The summed E-state index contributed by atoms with van der Waals surface area (Å²) < 4.78 is 19.7. The minimum Gasteiger partial charge on any atom is -0.366 e. The molecule has 1 aromatic rings. The van der Waals surface area contributed by atoms with Gasteiger partial charge in [-0.05, 0) is 31.5 Å². The van der Waals surface area contributed by atoms with E-state index in [4.69, 9.17) is 4.74 Å². The van der Waals surface area contributed by atoms with Gasteiger partial charge in [-0.15, -0.1) is 0 Å². The molecule has 0 saturated carbocycles. The number of halogens is 2. The predicted octanol–water partition coefficient (Wildman–Crippen LogP) is 3.64. The molecule has 88 valence electrons. The zero-order valence-electron chi connectivity index (χ0n) is 9.30. The van der Waals surface area contributed by atoms with Crippen molar-refractivity contribution in [2.75, 3.05) is 6.61 Å². The van der Waals surface area contributed by atoms with Gasteiger partial charge in [-0.1, -0.05) is 22.9 Å². The molecule has 0 saturated heterocycles. The third-order valence-electron chi connectivity index (χ3n) is 2.10.